The number of fused-ring (bicyclic) bond motifs is 1. The van der Waals surface area contributed by atoms with Crippen molar-refractivity contribution < 1.29 is 9.53 Å². The molecule has 6 nitrogen and oxygen atoms in total. The summed E-state index contributed by atoms with van der Waals surface area (Å²) in [5, 5.41) is 1.25. The van der Waals surface area contributed by atoms with Crippen molar-refractivity contribution in [1.29, 1.82) is 0 Å². The molecule has 37 heavy (non-hydrogen) atoms. The summed E-state index contributed by atoms with van der Waals surface area (Å²) < 4.78 is 6.86. The van der Waals surface area contributed by atoms with Crippen molar-refractivity contribution in [2.45, 2.75) is 33.2 Å². The van der Waals surface area contributed by atoms with Crippen molar-refractivity contribution >= 4 is 40.0 Å². The maximum Gasteiger partial charge on any atom is 0.266 e. The Morgan fingerprint density at radius 1 is 1.03 bits per heavy atom. The number of halogens is 2. The van der Waals surface area contributed by atoms with Gasteiger partial charge in [0.05, 0.1) is 22.6 Å². The molecule has 0 saturated carbocycles. The third-order valence-corrected chi connectivity index (χ3v) is 6.95. The molecule has 1 aromatic heterocycles. The van der Waals surface area contributed by atoms with Gasteiger partial charge in [0.15, 0.2) is 0 Å². The number of nitrogens with zero attached hydrogens (tertiary/aromatic N) is 3. The molecule has 192 valence electrons. The Morgan fingerprint density at radius 3 is 2.41 bits per heavy atom. The minimum atomic E-state index is -0.555. The molecule has 0 N–H and O–H groups in total. The number of carbonyl (C=O) groups is 1. The van der Waals surface area contributed by atoms with Gasteiger partial charge in [-0.2, -0.15) is 0 Å². The molecule has 0 bridgehead atoms. The fourth-order valence-corrected chi connectivity index (χ4v) is 4.90. The van der Waals surface area contributed by atoms with E-state index in [4.69, 9.17) is 32.9 Å². The highest BCUT2D eigenvalue weighted by atomic mass is 35.5. The fraction of sp³-hybridized carbons (Fsp3) is 0.276. The molecule has 0 radical (unpaired) electrons. The number of rotatable bonds is 8. The van der Waals surface area contributed by atoms with Crippen molar-refractivity contribution in [2.24, 2.45) is 0 Å². The Labute approximate surface area is 226 Å². The molecule has 0 spiro atoms. The van der Waals surface area contributed by atoms with Crippen molar-refractivity contribution in [2.75, 3.05) is 20.3 Å². The molecule has 8 heteroatoms. The van der Waals surface area contributed by atoms with E-state index in [0.717, 1.165) is 11.1 Å². The van der Waals surface area contributed by atoms with Crippen LogP contribution in [0.15, 0.2) is 65.5 Å². The lowest BCUT2D eigenvalue weighted by molar-refractivity contribution is 0.0657. The van der Waals surface area contributed by atoms with Crippen LogP contribution in [0.1, 0.15) is 46.7 Å². The number of methoxy groups -OCH3 is 1. The van der Waals surface area contributed by atoms with Gasteiger partial charge in [-0.3, -0.25) is 14.2 Å². The first-order chi connectivity index (χ1) is 17.7. The van der Waals surface area contributed by atoms with E-state index < -0.39 is 6.04 Å². The van der Waals surface area contributed by atoms with Crippen molar-refractivity contribution in [3.05, 3.63) is 104 Å². The number of para-hydroxylation sites is 1. The highest BCUT2D eigenvalue weighted by molar-refractivity contribution is 6.35. The summed E-state index contributed by atoms with van der Waals surface area (Å²) in [5.41, 5.74) is 3.62. The van der Waals surface area contributed by atoms with Crippen LogP contribution < -0.4 is 5.56 Å². The van der Waals surface area contributed by atoms with Gasteiger partial charge in [-0.1, -0.05) is 41.4 Å². The average molecular weight is 538 g/mol. The Bertz CT molecular complexity index is 1500. The number of hydrogen-bond donors (Lipinski definition) is 0. The van der Waals surface area contributed by atoms with E-state index in [1.165, 1.54) is 0 Å². The fourth-order valence-electron chi connectivity index (χ4n) is 4.38. The monoisotopic (exact) mass is 537 g/mol. The number of benzene rings is 3. The number of ether oxygens (including phenoxy) is 1. The van der Waals surface area contributed by atoms with Gasteiger partial charge in [-0.25, -0.2) is 4.98 Å². The third-order valence-electron chi connectivity index (χ3n) is 6.51. The second-order valence-corrected chi connectivity index (χ2v) is 9.95. The second kappa shape index (κ2) is 11.5. The molecule has 0 aliphatic heterocycles. The Balaban J connectivity index is 1.91. The zero-order valence-corrected chi connectivity index (χ0v) is 22.8. The van der Waals surface area contributed by atoms with Gasteiger partial charge in [-0.05, 0) is 80.8 Å². The van der Waals surface area contributed by atoms with Crippen LogP contribution in [-0.4, -0.2) is 40.6 Å². The van der Waals surface area contributed by atoms with Crippen molar-refractivity contribution in [3.63, 3.8) is 0 Å². The van der Waals surface area contributed by atoms with Gasteiger partial charge in [0.2, 0.25) is 0 Å². The number of aryl methyl sites for hydroxylation is 2. The SMILES string of the molecule is COCCCN(C(=O)c1cc(Cl)cc(Cl)c1)C(C)c1nc2ccccc2c(=O)n1-c1ccc(C)c(C)c1. The molecule has 0 aliphatic rings. The molecule has 0 aliphatic carbocycles. The highest BCUT2D eigenvalue weighted by Crippen LogP contribution is 2.27. The van der Waals surface area contributed by atoms with Gasteiger partial charge in [0, 0.05) is 35.9 Å². The molecule has 4 aromatic rings. The lowest BCUT2D eigenvalue weighted by Gasteiger charge is -2.31. The number of hydrogen-bond acceptors (Lipinski definition) is 4. The summed E-state index contributed by atoms with van der Waals surface area (Å²) in [5.74, 6) is 0.202. The van der Waals surface area contributed by atoms with Crippen molar-refractivity contribution in [1.82, 2.24) is 14.5 Å². The van der Waals surface area contributed by atoms with E-state index in [-0.39, 0.29) is 11.5 Å². The van der Waals surface area contributed by atoms with Crippen LogP contribution in [0, 0.1) is 13.8 Å². The number of amides is 1. The smallest absolute Gasteiger partial charge is 0.266 e. The highest BCUT2D eigenvalue weighted by Gasteiger charge is 2.28. The van der Waals surface area contributed by atoms with Crippen molar-refractivity contribution in [3.8, 4) is 5.69 Å². The summed E-state index contributed by atoms with van der Waals surface area (Å²) in [6.45, 7) is 6.77. The summed E-state index contributed by atoms with van der Waals surface area (Å²) in [6.07, 6.45) is 0.600. The van der Waals surface area contributed by atoms with Gasteiger partial charge < -0.3 is 9.64 Å². The average Bonchev–Trinajstić information content (AvgIpc) is 2.87. The minimum Gasteiger partial charge on any atom is -0.385 e. The molecule has 0 fully saturated rings. The maximum absolute atomic E-state index is 13.8. The largest absolute Gasteiger partial charge is 0.385 e. The predicted octanol–water partition coefficient (Wildman–Crippen LogP) is 6.55. The molecule has 0 saturated heterocycles. The summed E-state index contributed by atoms with van der Waals surface area (Å²) >= 11 is 12.4. The zero-order valence-electron chi connectivity index (χ0n) is 21.3. The molecule has 3 aromatic carbocycles. The van der Waals surface area contributed by atoms with E-state index in [1.54, 1.807) is 40.8 Å². The van der Waals surface area contributed by atoms with Crippen LogP contribution in [0.3, 0.4) is 0 Å². The quantitative estimate of drug-likeness (QED) is 0.239. The van der Waals surface area contributed by atoms with E-state index in [2.05, 4.69) is 0 Å². The van der Waals surface area contributed by atoms with E-state index >= 15 is 0 Å². The number of aromatic nitrogens is 2. The van der Waals surface area contributed by atoms with Crippen LogP contribution in [0.5, 0.6) is 0 Å². The minimum absolute atomic E-state index is 0.189. The Kier molecular flexibility index (Phi) is 8.32. The zero-order chi connectivity index (χ0) is 26.7. The first-order valence-corrected chi connectivity index (χ1v) is 12.8. The maximum atomic E-state index is 13.8. The molecular weight excluding hydrogens is 509 g/mol. The third kappa shape index (κ3) is 5.72. The standard InChI is InChI=1S/C29H29Cl2N3O3/c1-18-10-11-24(14-19(18)2)34-27(32-26-9-6-5-8-25(26)29(34)36)20(3)33(12-7-13-37-4)28(35)21-15-22(30)17-23(31)16-21/h5-6,8-11,14-17,20H,7,12-13H2,1-4H3. The lowest BCUT2D eigenvalue weighted by atomic mass is 10.1. The summed E-state index contributed by atoms with van der Waals surface area (Å²) in [7, 11) is 1.62. The first kappa shape index (κ1) is 26.9. The Morgan fingerprint density at radius 2 is 1.73 bits per heavy atom. The van der Waals surface area contributed by atoms with E-state index in [9.17, 15) is 9.59 Å². The molecule has 1 atom stereocenters. The van der Waals surface area contributed by atoms with E-state index in [0.29, 0.717) is 57.6 Å². The van der Waals surface area contributed by atoms with Crippen LogP contribution in [0.2, 0.25) is 10.0 Å². The number of carbonyl (C=O) groups excluding carboxylic acids is 1. The van der Waals surface area contributed by atoms with Crippen LogP contribution in [0.4, 0.5) is 0 Å². The van der Waals surface area contributed by atoms with Crippen LogP contribution in [-0.2, 0) is 4.74 Å². The molecule has 1 unspecified atom stereocenters. The van der Waals surface area contributed by atoms with E-state index in [1.807, 2.05) is 57.2 Å². The van der Waals surface area contributed by atoms with Gasteiger partial charge in [0.1, 0.15) is 5.82 Å². The normalized spacial score (nSPS) is 12.1. The summed E-state index contributed by atoms with van der Waals surface area (Å²) in [4.78, 5) is 34.2. The van der Waals surface area contributed by atoms with Crippen LogP contribution >= 0.6 is 23.2 Å². The first-order valence-electron chi connectivity index (χ1n) is 12.1. The molecule has 1 heterocycles. The Hall–Kier alpha value is -3.19. The second-order valence-electron chi connectivity index (χ2n) is 9.08. The summed E-state index contributed by atoms with van der Waals surface area (Å²) in [6, 6.07) is 17.3. The lowest BCUT2D eigenvalue weighted by Crippen LogP contribution is -2.38. The van der Waals surface area contributed by atoms with Gasteiger partial charge >= 0.3 is 0 Å². The molecular formula is C29H29Cl2N3O3. The van der Waals surface area contributed by atoms with Crippen LogP contribution in [0.25, 0.3) is 16.6 Å². The molecule has 4 rings (SSSR count). The van der Waals surface area contributed by atoms with Gasteiger partial charge in [-0.15, -0.1) is 0 Å². The van der Waals surface area contributed by atoms with Gasteiger partial charge in [0.25, 0.3) is 11.5 Å². The topological polar surface area (TPSA) is 64.4 Å². The predicted molar refractivity (Wildman–Crippen MR) is 149 cm³/mol. The molecule has 1 amide bonds.